The molecule has 0 saturated carbocycles. The fraction of sp³-hybridized carbons (Fsp3) is 0.238. The molecular formula is C21H20N2O2. The van der Waals surface area contributed by atoms with Crippen molar-refractivity contribution in [2.75, 3.05) is 0 Å². The maximum Gasteiger partial charge on any atom is 0.160 e. The van der Waals surface area contributed by atoms with Crippen LogP contribution in [0.25, 0.3) is 10.9 Å². The van der Waals surface area contributed by atoms with Crippen molar-refractivity contribution in [3.63, 3.8) is 0 Å². The number of benzene rings is 2. The van der Waals surface area contributed by atoms with Gasteiger partial charge in [-0.2, -0.15) is 5.26 Å². The largest absolute Gasteiger partial charge is 0.508 e. The number of phenolic OH excluding ortho intramolecular Hbond substituents is 1. The lowest BCUT2D eigenvalue weighted by atomic mass is 9.98. The predicted octanol–water partition coefficient (Wildman–Crippen LogP) is 4.39. The SMILES string of the molecule is CC(=O)c1ccc(O)c(Cn2cc(C)c3cc(C#N)cc(C)c32)c1C. The summed E-state index contributed by atoms with van der Waals surface area (Å²) in [4.78, 5) is 11.8. The van der Waals surface area contributed by atoms with Gasteiger partial charge in [-0.05, 0) is 68.7 Å². The number of aromatic nitrogens is 1. The Morgan fingerprint density at radius 2 is 1.92 bits per heavy atom. The second-order valence-corrected chi connectivity index (χ2v) is 6.53. The molecule has 0 fully saturated rings. The van der Waals surface area contributed by atoms with Crippen molar-refractivity contribution in [3.05, 3.63) is 63.8 Å². The van der Waals surface area contributed by atoms with Gasteiger partial charge >= 0.3 is 0 Å². The Hall–Kier alpha value is -3.06. The molecule has 3 rings (SSSR count). The Morgan fingerprint density at radius 1 is 1.20 bits per heavy atom. The highest BCUT2D eigenvalue weighted by Crippen LogP contribution is 2.30. The summed E-state index contributed by atoms with van der Waals surface area (Å²) < 4.78 is 2.08. The van der Waals surface area contributed by atoms with Crippen LogP contribution in [0.4, 0.5) is 0 Å². The van der Waals surface area contributed by atoms with Gasteiger partial charge in [0, 0.05) is 22.7 Å². The van der Waals surface area contributed by atoms with E-state index in [1.165, 1.54) is 6.92 Å². The molecule has 0 spiro atoms. The molecule has 0 aliphatic carbocycles. The van der Waals surface area contributed by atoms with Gasteiger partial charge in [-0.15, -0.1) is 0 Å². The first-order valence-electron chi connectivity index (χ1n) is 8.16. The summed E-state index contributed by atoms with van der Waals surface area (Å²) in [6.07, 6.45) is 2.03. The molecular weight excluding hydrogens is 312 g/mol. The minimum atomic E-state index is -0.0119. The highest BCUT2D eigenvalue weighted by atomic mass is 16.3. The second kappa shape index (κ2) is 6.10. The van der Waals surface area contributed by atoms with Gasteiger partial charge in [0.2, 0.25) is 0 Å². The van der Waals surface area contributed by atoms with Crippen molar-refractivity contribution in [1.82, 2.24) is 4.57 Å². The number of nitriles is 1. The number of Topliss-reactive ketones (excluding diaryl/α,β-unsaturated/α-hetero) is 1. The quantitative estimate of drug-likeness (QED) is 0.723. The number of phenols is 1. The van der Waals surface area contributed by atoms with Crippen molar-refractivity contribution in [3.8, 4) is 11.8 Å². The van der Waals surface area contributed by atoms with Crippen LogP contribution in [-0.2, 0) is 6.54 Å². The first-order valence-corrected chi connectivity index (χ1v) is 8.16. The average Bonchev–Trinajstić information content (AvgIpc) is 2.87. The second-order valence-electron chi connectivity index (χ2n) is 6.53. The van der Waals surface area contributed by atoms with E-state index in [1.54, 1.807) is 12.1 Å². The number of carbonyl (C=O) groups excluding carboxylic acids is 1. The van der Waals surface area contributed by atoms with E-state index in [0.717, 1.165) is 33.2 Å². The molecule has 3 aromatic rings. The molecule has 2 aromatic carbocycles. The van der Waals surface area contributed by atoms with E-state index in [-0.39, 0.29) is 11.5 Å². The summed E-state index contributed by atoms with van der Waals surface area (Å²) in [5.74, 6) is 0.176. The molecule has 0 atom stereocenters. The molecule has 0 saturated heterocycles. The summed E-state index contributed by atoms with van der Waals surface area (Å²) >= 11 is 0. The van der Waals surface area contributed by atoms with Crippen molar-refractivity contribution in [2.45, 2.75) is 34.2 Å². The fourth-order valence-corrected chi connectivity index (χ4v) is 3.51. The molecule has 1 aromatic heterocycles. The standard InChI is InChI=1S/C21H20N2O2/c1-12-7-16(9-22)8-18-13(2)10-23(21(12)18)11-19-14(3)17(15(4)24)5-6-20(19)25/h5-8,10,25H,11H2,1-4H3. The number of carbonyl (C=O) groups is 1. The number of aryl methyl sites for hydroxylation is 2. The van der Waals surface area contributed by atoms with Gasteiger partial charge < -0.3 is 9.67 Å². The van der Waals surface area contributed by atoms with Crippen LogP contribution in [0.15, 0.2) is 30.5 Å². The van der Waals surface area contributed by atoms with Crippen molar-refractivity contribution >= 4 is 16.7 Å². The van der Waals surface area contributed by atoms with Crippen LogP contribution in [0, 0.1) is 32.1 Å². The van der Waals surface area contributed by atoms with Crippen LogP contribution in [-0.4, -0.2) is 15.5 Å². The molecule has 4 heteroatoms. The number of hydrogen-bond acceptors (Lipinski definition) is 3. The van der Waals surface area contributed by atoms with Crippen LogP contribution < -0.4 is 0 Å². The minimum absolute atomic E-state index is 0.0119. The van der Waals surface area contributed by atoms with Crippen molar-refractivity contribution in [1.29, 1.82) is 5.26 Å². The van der Waals surface area contributed by atoms with E-state index in [2.05, 4.69) is 10.6 Å². The number of hydrogen-bond donors (Lipinski definition) is 1. The van der Waals surface area contributed by atoms with Crippen LogP contribution in [0.2, 0.25) is 0 Å². The van der Waals surface area contributed by atoms with Crippen LogP contribution in [0.5, 0.6) is 5.75 Å². The minimum Gasteiger partial charge on any atom is -0.508 e. The smallest absolute Gasteiger partial charge is 0.160 e. The Morgan fingerprint density at radius 3 is 2.56 bits per heavy atom. The van der Waals surface area contributed by atoms with Gasteiger partial charge in [0.05, 0.1) is 23.7 Å². The monoisotopic (exact) mass is 332 g/mol. The van der Waals surface area contributed by atoms with Gasteiger partial charge in [0.25, 0.3) is 0 Å². The normalized spacial score (nSPS) is 10.8. The Balaban J connectivity index is 2.19. The molecule has 25 heavy (non-hydrogen) atoms. The molecule has 1 heterocycles. The van der Waals surface area contributed by atoms with E-state index < -0.39 is 0 Å². The third-order valence-electron chi connectivity index (χ3n) is 4.77. The van der Waals surface area contributed by atoms with Gasteiger partial charge in [-0.1, -0.05) is 0 Å². The Bertz CT molecular complexity index is 1050. The third-order valence-corrected chi connectivity index (χ3v) is 4.77. The number of rotatable bonds is 3. The molecule has 0 aliphatic rings. The first-order chi connectivity index (χ1) is 11.8. The van der Waals surface area contributed by atoms with E-state index in [4.69, 9.17) is 0 Å². The van der Waals surface area contributed by atoms with E-state index in [0.29, 0.717) is 17.7 Å². The summed E-state index contributed by atoms with van der Waals surface area (Å²) in [6.45, 7) is 7.86. The maximum absolute atomic E-state index is 11.8. The van der Waals surface area contributed by atoms with Crippen LogP contribution in [0.1, 0.15) is 45.1 Å². The van der Waals surface area contributed by atoms with Crippen LogP contribution >= 0.6 is 0 Å². The number of nitrogens with zero attached hydrogens (tertiary/aromatic N) is 2. The summed E-state index contributed by atoms with van der Waals surface area (Å²) in [6, 6.07) is 9.21. The maximum atomic E-state index is 11.8. The zero-order valence-electron chi connectivity index (χ0n) is 14.8. The van der Waals surface area contributed by atoms with E-state index in [1.807, 2.05) is 39.1 Å². The average molecular weight is 332 g/mol. The summed E-state index contributed by atoms with van der Waals surface area (Å²) in [5, 5.41) is 20.5. The molecule has 0 radical (unpaired) electrons. The highest BCUT2D eigenvalue weighted by molar-refractivity contribution is 5.96. The molecule has 0 amide bonds. The zero-order chi connectivity index (χ0) is 18.3. The lowest BCUT2D eigenvalue weighted by Gasteiger charge is -2.14. The molecule has 4 nitrogen and oxygen atoms in total. The number of ketones is 1. The molecule has 0 bridgehead atoms. The lowest BCUT2D eigenvalue weighted by Crippen LogP contribution is -2.05. The van der Waals surface area contributed by atoms with Crippen molar-refractivity contribution in [2.24, 2.45) is 0 Å². The van der Waals surface area contributed by atoms with Gasteiger partial charge in [0.1, 0.15) is 5.75 Å². The van der Waals surface area contributed by atoms with E-state index in [9.17, 15) is 15.2 Å². The number of fused-ring (bicyclic) bond motifs is 1. The number of aromatic hydroxyl groups is 1. The fourth-order valence-electron chi connectivity index (χ4n) is 3.51. The molecule has 0 unspecified atom stereocenters. The summed E-state index contributed by atoms with van der Waals surface area (Å²) in [7, 11) is 0. The van der Waals surface area contributed by atoms with E-state index >= 15 is 0 Å². The molecule has 126 valence electrons. The van der Waals surface area contributed by atoms with Gasteiger partial charge in [-0.3, -0.25) is 4.79 Å². The molecule has 0 aliphatic heterocycles. The van der Waals surface area contributed by atoms with Crippen molar-refractivity contribution < 1.29 is 9.90 Å². The predicted molar refractivity (Wildman–Crippen MR) is 98.1 cm³/mol. The van der Waals surface area contributed by atoms with Gasteiger partial charge in [0.15, 0.2) is 5.78 Å². The topological polar surface area (TPSA) is 66.0 Å². The Labute approximate surface area is 146 Å². The highest BCUT2D eigenvalue weighted by Gasteiger charge is 2.16. The van der Waals surface area contributed by atoms with Gasteiger partial charge in [-0.25, -0.2) is 0 Å². The Kier molecular flexibility index (Phi) is 4.10. The summed E-state index contributed by atoms with van der Waals surface area (Å²) in [5.41, 5.74) is 5.96. The zero-order valence-corrected chi connectivity index (χ0v) is 14.8. The van der Waals surface area contributed by atoms with Crippen LogP contribution in [0.3, 0.4) is 0 Å². The first kappa shape index (κ1) is 16.8. The lowest BCUT2D eigenvalue weighted by molar-refractivity contribution is 0.101. The third kappa shape index (κ3) is 2.78. The molecule has 1 N–H and O–H groups in total.